The first-order chi connectivity index (χ1) is 5.86. The van der Waals surface area contributed by atoms with Crippen LogP contribution in [0.3, 0.4) is 0 Å². The average molecular weight is 187 g/mol. The predicted octanol–water partition coefficient (Wildman–Crippen LogP) is -0.307. The van der Waals surface area contributed by atoms with Gasteiger partial charge in [-0.15, -0.1) is 5.10 Å². The molecule has 2 rings (SSSR count). The summed E-state index contributed by atoms with van der Waals surface area (Å²) in [6, 6.07) is 0. The molecule has 0 aromatic carbocycles. The average Bonchev–Trinajstić information content (AvgIpc) is 2.56. The molecule has 1 aromatic heterocycles. The smallest absolute Gasteiger partial charge is 0.172 e. The van der Waals surface area contributed by atoms with Gasteiger partial charge in [0, 0.05) is 6.54 Å². The molecule has 1 aromatic rings. The van der Waals surface area contributed by atoms with E-state index in [-0.39, 0.29) is 0 Å². The molecule has 1 saturated heterocycles. The quantitative estimate of drug-likeness (QED) is 0.653. The molecule has 1 aliphatic heterocycles. The van der Waals surface area contributed by atoms with Gasteiger partial charge in [-0.3, -0.25) is 0 Å². The second kappa shape index (κ2) is 3.34. The van der Waals surface area contributed by atoms with Crippen LogP contribution in [-0.4, -0.2) is 40.7 Å². The topological polar surface area (TPSA) is 58.5 Å². The highest BCUT2D eigenvalue weighted by Gasteiger charge is 2.19. The summed E-state index contributed by atoms with van der Waals surface area (Å²) in [4.78, 5) is 1.96. The molecular formula is C6H9N3O2S. The Labute approximate surface area is 73.7 Å². The van der Waals surface area contributed by atoms with Crippen LogP contribution >= 0.6 is 11.5 Å². The maximum Gasteiger partial charge on any atom is 0.172 e. The first kappa shape index (κ1) is 7.90. The fourth-order valence-electron chi connectivity index (χ4n) is 1.14. The van der Waals surface area contributed by atoms with E-state index in [0.29, 0.717) is 13.2 Å². The van der Waals surface area contributed by atoms with Crippen LogP contribution < -0.4 is 4.90 Å². The third kappa shape index (κ3) is 1.55. The van der Waals surface area contributed by atoms with E-state index >= 15 is 0 Å². The second-order valence-corrected chi connectivity index (χ2v) is 3.14. The van der Waals surface area contributed by atoms with E-state index in [9.17, 15) is 0 Å². The second-order valence-electron chi connectivity index (χ2n) is 2.53. The highest BCUT2D eigenvalue weighted by atomic mass is 32.1. The van der Waals surface area contributed by atoms with Gasteiger partial charge in [-0.2, -0.15) is 0 Å². The largest absolute Gasteiger partial charge is 0.366 e. The molecule has 0 aliphatic carbocycles. The van der Waals surface area contributed by atoms with E-state index in [1.165, 1.54) is 11.5 Å². The molecule has 1 unspecified atom stereocenters. The Morgan fingerprint density at radius 2 is 2.67 bits per heavy atom. The minimum Gasteiger partial charge on any atom is -0.366 e. The van der Waals surface area contributed by atoms with Crippen LogP contribution in [0.4, 0.5) is 5.82 Å². The summed E-state index contributed by atoms with van der Waals surface area (Å²) in [6.07, 6.45) is -0.694. The van der Waals surface area contributed by atoms with E-state index in [4.69, 9.17) is 9.84 Å². The number of ether oxygens (including phenoxy) is 1. The van der Waals surface area contributed by atoms with Crippen molar-refractivity contribution in [3.8, 4) is 0 Å². The van der Waals surface area contributed by atoms with Crippen molar-refractivity contribution in [1.29, 1.82) is 0 Å². The normalized spacial score (nSPS) is 24.4. The number of morpholine rings is 1. The Hall–Kier alpha value is -0.720. The molecule has 1 aliphatic rings. The van der Waals surface area contributed by atoms with Gasteiger partial charge in [0.25, 0.3) is 0 Å². The zero-order valence-corrected chi connectivity index (χ0v) is 7.20. The molecule has 0 bridgehead atoms. The van der Waals surface area contributed by atoms with Crippen LogP contribution in [0.2, 0.25) is 0 Å². The maximum absolute atomic E-state index is 9.17. The molecule has 1 N–H and O–H groups in total. The van der Waals surface area contributed by atoms with Crippen LogP contribution in [0.5, 0.6) is 0 Å². The lowest BCUT2D eigenvalue weighted by molar-refractivity contribution is -0.104. The van der Waals surface area contributed by atoms with Crippen molar-refractivity contribution in [1.82, 2.24) is 9.59 Å². The van der Waals surface area contributed by atoms with Crippen molar-refractivity contribution in [2.45, 2.75) is 6.29 Å². The molecule has 6 heteroatoms. The fourth-order valence-corrected chi connectivity index (χ4v) is 1.61. The summed E-state index contributed by atoms with van der Waals surface area (Å²) >= 11 is 1.31. The standard InChI is InChI=1S/C6H9N3O2S/c10-6-3-9(1-2-11-6)5-4-12-8-7-5/h4,6,10H,1-3H2. The first-order valence-corrected chi connectivity index (χ1v) is 4.51. The van der Waals surface area contributed by atoms with E-state index in [1.54, 1.807) is 0 Å². The van der Waals surface area contributed by atoms with Crippen molar-refractivity contribution in [3.05, 3.63) is 5.38 Å². The fraction of sp³-hybridized carbons (Fsp3) is 0.667. The lowest BCUT2D eigenvalue weighted by atomic mass is 10.4. The van der Waals surface area contributed by atoms with Gasteiger partial charge in [0.1, 0.15) is 0 Å². The van der Waals surface area contributed by atoms with Crippen molar-refractivity contribution >= 4 is 17.4 Å². The number of β-amino-alcohol motifs (C(OH)–C–C–N with tert-alkyl or cyclic N) is 1. The van der Waals surface area contributed by atoms with Crippen LogP contribution in [-0.2, 0) is 4.74 Å². The van der Waals surface area contributed by atoms with Crippen LogP contribution in [0.15, 0.2) is 5.38 Å². The van der Waals surface area contributed by atoms with Crippen molar-refractivity contribution in [3.63, 3.8) is 0 Å². The van der Waals surface area contributed by atoms with Gasteiger partial charge >= 0.3 is 0 Å². The van der Waals surface area contributed by atoms with Gasteiger partial charge in [-0.1, -0.05) is 4.49 Å². The van der Waals surface area contributed by atoms with Crippen molar-refractivity contribution in [2.75, 3.05) is 24.6 Å². The van der Waals surface area contributed by atoms with Gasteiger partial charge in [-0.25, -0.2) is 0 Å². The number of aromatic nitrogens is 2. The minimum atomic E-state index is -0.694. The molecule has 0 spiro atoms. The lowest BCUT2D eigenvalue weighted by Crippen LogP contribution is -2.42. The maximum atomic E-state index is 9.17. The van der Waals surface area contributed by atoms with Crippen molar-refractivity contribution < 1.29 is 9.84 Å². The number of hydrogen-bond donors (Lipinski definition) is 1. The Morgan fingerprint density at radius 3 is 3.33 bits per heavy atom. The van der Waals surface area contributed by atoms with Crippen LogP contribution in [0.25, 0.3) is 0 Å². The molecule has 0 radical (unpaired) electrons. The van der Waals surface area contributed by atoms with Gasteiger partial charge in [0.05, 0.1) is 18.5 Å². The number of rotatable bonds is 1. The van der Waals surface area contributed by atoms with E-state index in [0.717, 1.165) is 12.4 Å². The molecule has 12 heavy (non-hydrogen) atoms. The lowest BCUT2D eigenvalue weighted by Gasteiger charge is -2.29. The van der Waals surface area contributed by atoms with Gasteiger partial charge < -0.3 is 14.7 Å². The van der Waals surface area contributed by atoms with E-state index in [1.807, 2.05) is 10.3 Å². The highest BCUT2D eigenvalue weighted by Crippen LogP contribution is 2.14. The summed E-state index contributed by atoms with van der Waals surface area (Å²) in [5.74, 6) is 0.822. The van der Waals surface area contributed by atoms with Crippen LogP contribution in [0.1, 0.15) is 0 Å². The summed E-state index contributed by atoms with van der Waals surface area (Å²) in [5, 5.41) is 14.9. The van der Waals surface area contributed by atoms with Gasteiger partial charge in [0.2, 0.25) is 0 Å². The van der Waals surface area contributed by atoms with E-state index in [2.05, 4.69) is 9.59 Å². The minimum absolute atomic E-state index is 0.478. The first-order valence-electron chi connectivity index (χ1n) is 3.68. The zero-order valence-electron chi connectivity index (χ0n) is 6.38. The van der Waals surface area contributed by atoms with Gasteiger partial charge in [-0.05, 0) is 11.5 Å². The molecular weight excluding hydrogens is 178 g/mol. The Kier molecular flexibility index (Phi) is 2.20. The molecule has 66 valence electrons. The number of aliphatic hydroxyl groups is 1. The zero-order chi connectivity index (χ0) is 8.39. The molecule has 5 nitrogen and oxygen atoms in total. The predicted molar refractivity (Wildman–Crippen MR) is 44.1 cm³/mol. The summed E-state index contributed by atoms with van der Waals surface area (Å²) in [5.41, 5.74) is 0. The number of aliphatic hydroxyl groups excluding tert-OH is 1. The van der Waals surface area contributed by atoms with Crippen LogP contribution in [0, 0.1) is 0 Å². The Morgan fingerprint density at radius 1 is 1.75 bits per heavy atom. The number of anilines is 1. The Bertz CT molecular complexity index is 241. The monoisotopic (exact) mass is 187 g/mol. The highest BCUT2D eigenvalue weighted by molar-refractivity contribution is 7.03. The number of hydrogen-bond acceptors (Lipinski definition) is 6. The molecule has 0 amide bonds. The molecule has 0 saturated carbocycles. The third-order valence-corrected chi connectivity index (χ3v) is 2.21. The molecule has 1 atom stereocenters. The summed E-state index contributed by atoms with van der Waals surface area (Å²) in [6.45, 7) is 1.78. The van der Waals surface area contributed by atoms with Gasteiger partial charge in [0.15, 0.2) is 12.1 Å². The molecule has 1 fully saturated rings. The summed E-state index contributed by atoms with van der Waals surface area (Å²) in [7, 11) is 0. The number of nitrogens with zero attached hydrogens (tertiary/aromatic N) is 3. The van der Waals surface area contributed by atoms with Crippen molar-refractivity contribution in [2.24, 2.45) is 0 Å². The third-order valence-electron chi connectivity index (χ3n) is 1.72. The SMILES string of the molecule is OC1CN(c2csnn2)CCO1. The Balaban J connectivity index is 2.04. The molecule has 2 heterocycles. The van der Waals surface area contributed by atoms with E-state index < -0.39 is 6.29 Å². The summed E-state index contributed by atoms with van der Waals surface area (Å²) < 4.78 is 8.73.